The molecule has 18 heavy (non-hydrogen) atoms. The lowest BCUT2D eigenvalue weighted by molar-refractivity contribution is 0.100. The second kappa shape index (κ2) is 3.97. The highest BCUT2D eigenvalue weighted by molar-refractivity contribution is 7.89. The van der Waals surface area contributed by atoms with Gasteiger partial charge in [-0.2, -0.15) is 0 Å². The Bertz CT molecular complexity index is 753. The van der Waals surface area contributed by atoms with Crippen molar-refractivity contribution in [3.05, 3.63) is 35.9 Å². The quantitative estimate of drug-likeness (QED) is 0.831. The van der Waals surface area contributed by atoms with E-state index in [0.717, 1.165) is 12.1 Å². The first-order chi connectivity index (χ1) is 8.29. The van der Waals surface area contributed by atoms with Crippen molar-refractivity contribution in [3.8, 4) is 5.75 Å². The van der Waals surface area contributed by atoms with Gasteiger partial charge in [-0.05, 0) is 35.0 Å². The summed E-state index contributed by atoms with van der Waals surface area (Å²) in [5, 5.41) is 17.4. The van der Waals surface area contributed by atoms with E-state index in [1.54, 1.807) is 0 Å². The number of benzene rings is 2. The Balaban J connectivity index is 2.79. The van der Waals surface area contributed by atoms with Gasteiger partial charge in [0.2, 0.25) is 15.9 Å². The van der Waals surface area contributed by atoms with Crippen molar-refractivity contribution in [2.45, 2.75) is 4.90 Å². The lowest BCUT2D eigenvalue weighted by Gasteiger charge is -2.04. The van der Waals surface area contributed by atoms with E-state index in [-0.39, 0.29) is 5.56 Å². The van der Waals surface area contributed by atoms with E-state index in [0.29, 0.717) is 10.8 Å². The molecule has 0 aromatic heterocycles. The number of carbonyl (C=O) groups is 1. The zero-order valence-electron chi connectivity index (χ0n) is 9.08. The van der Waals surface area contributed by atoms with Gasteiger partial charge in [-0.3, -0.25) is 9.90 Å². The van der Waals surface area contributed by atoms with Gasteiger partial charge in [-0.25, -0.2) is 13.6 Å². The van der Waals surface area contributed by atoms with E-state index in [1.807, 2.05) is 0 Å². The fourth-order valence-electron chi connectivity index (χ4n) is 1.63. The van der Waals surface area contributed by atoms with E-state index in [1.165, 1.54) is 18.2 Å². The summed E-state index contributed by atoms with van der Waals surface area (Å²) in [6.45, 7) is 0. The highest BCUT2D eigenvalue weighted by Crippen LogP contribution is 2.28. The molecule has 0 aliphatic carbocycles. The van der Waals surface area contributed by atoms with Gasteiger partial charge >= 0.3 is 0 Å². The van der Waals surface area contributed by atoms with E-state index < -0.39 is 26.6 Å². The first kappa shape index (κ1) is 12.3. The van der Waals surface area contributed by atoms with Crippen LogP contribution in [0.15, 0.2) is 35.2 Å². The summed E-state index contributed by atoms with van der Waals surface area (Å²) >= 11 is 0. The molecular formula is C11H9N2O4S. The average molecular weight is 265 g/mol. The molecule has 93 valence electrons. The van der Waals surface area contributed by atoms with Crippen molar-refractivity contribution in [1.82, 2.24) is 0 Å². The van der Waals surface area contributed by atoms with Crippen LogP contribution in [0.3, 0.4) is 0 Å². The predicted octanol–water partition coefficient (Wildman–Crippen LogP) is 0.730. The number of carbonyl (C=O) groups excluding carboxylic acids is 1. The van der Waals surface area contributed by atoms with Crippen LogP contribution in [-0.2, 0) is 15.1 Å². The van der Waals surface area contributed by atoms with Crippen LogP contribution in [0, 0.1) is 0 Å². The molecule has 4 N–H and O–H groups in total. The summed E-state index contributed by atoms with van der Waals surface area (Å²) in [6, 6.07) is 6.68. The number of nitrogens with two attached hydrogens (primary N) is 2. The van der Waals surface area contributed by atoms with Gasteiger partial charge in [-0.1, -0.05) is 6.07 Å². The maximum absolute atomic E-state index is 11.5. The maximum Gasteiger partial charge on any atom is 0.248 e. The number of rotatable bonds is 2. The van der Waals surface area contributed by atoms with Crippen LogP contribution in [0.2, 0.25) is 0 Å². The van der Waals surface area contributed by atoms with Gasteiger partial charge < -0.3 is 5.73 Å². The maximum atomic E-state index is 11.5. The molecule has 2 aromatic rings. The normalized spacial score (nSPS) is 11.6. The van der Waals surface area contributed by atoms with E-state index >= 15 is 0 Å². The molecule has 0 saturated carbocycles. The molecule has 0 bridgehead atoms. The Morgan fingerprint density at radius 3 is 2.28 bits per heavy atom. The number of primary sulfonamides is 1. The Morgan fingerprint density at radius 2 is 1.72 bits per heavy atom. The molecule has 1 amide bonds. The first-order valence-electron chi connectivity index (χ1n) is 4.86. The van der Waals surface area contributed by atoms with Crippen molar-refractivity contribution < 1.29 is 18.3 Å². The van der Waals surface area contributed by atoms with Crippen molar-refractivity contribution in [1.29, 1.82) is 0 Å². The summed E-state index contributed by atoms with van der Waals surface area (Å²) < 4.78 is 22.4. The number of primary amides is 1. The molecule has 0 fully saturated rings. The molecule has 0 unspecified atom stereocenters. The van der Waals surface area contributed by atoms with E-state index in [4.69, 9.17) is 10.9 Å². The summed E-state index contributed by atoms with van der Waals surface area (Å²) in [4.78, 5) is 10.5. The van der Waals surface area contributed by atoms with Gasteiger partial charge in [0.05, 0.1) is 0 Å². The van der Waals surface area contributed by atoms with Crippen LogP contribution in [-0.4, -0.2) is 14.3 Å². The SMILES string of the molecule is NC(=O)c1ccc2cc([O])c(S(N)(=O)=O)cc2c1. The third-order valence-corrected chi connectivity index (χ3v) is 3.43. The summed E-state index contributed by atoms with van der Waals surface area (Å²) in [6.07, 6.45) is 0. The predicted molar refractivity (Wildman–Crippen MR) is 64.0 cm³/mol. The van der Waals surface area contributed by atoms with Crippen molar-refractivity contribution in [3.63, 3.8) is 0 Å². The van der Waals surface area contributed by atoms with Crippen molar-refractivity contribution in [2.75, 3.05) is 0 Å². The molecule has 0 heterocycles. The molecule has 0 saturated heterocycles. The molecule has 0 atom stereocenters. The van der Waals surface area contributed by atoms with Gasteiger partial charge in [0, 0.05) is 5.56 Å². The van der Waals surface area contributed by atoms with Crippen LogP contribution >= 0.6 is 0 Å². The number of amides is 1. The third kappa shape index (κ3) is 2.13. The van der Waals surface area contributed by atoms with Crippen LogP contribution in [0.4, 0.5) is 0 Å². The average Bonchev–Trinajstić information content (AvgIpc) is 2.25. The highest BCUT2D eigenvalue weighted by Gasteiger charge is 2.16. The first-order valence-corrected chi connectivity index (χ1v) is 6.41. The third-order valence-electron chi connectivity index (χ3n) is 2.49. The largest absolute Gasteiger partial charge is 0.366 e. The minimum Gasteiger partial charge on any atom is -0.366 e. The number of sulfonamides is 1. The van der Waals surface area contributed by atoms with Gasteiger partial charge in [0.15, 0.2) is 5.75 Å². The number of fused-ring (bicyclic) bond motifs is 1. The fraction of sp³-hybridized carbons (Fsp3) is 0. The van der Waals surface area contributed by atoms with Gasteiger partial charge in [0.1, 0.15) is 4.90 Å². The fourth-order valence-corrected chi connectivity index (χ4v) is 2.26. The zero-order chi connectivity index (χ0) is 13.5. The van der Waals surface area contributed by atoms with Gasteiger partial charge in [0.25, 0.3) is 0 Å². The van der Waals surface area contributed by atoms with Crippen molar-refractivity contribution >= 4 is 26.7 Å². The minimum atomic E-state index is -4.09. The van der Waals surface area contributed by atoms with Crippen LogP contribution in [0.5, 0.6) is 5.75 Å². The van der Waals surface area contributed by atoms with Gasteiger partial charge in [-0.15, -0.1) is 0 Å². The summed E-state index contributed by atoms with van der Waals surface area (Å²) in [5.74, 6) is -1.32. The topological polar surface area (TPSA) is 123 Å². The second-order valence-electron chi connectivity index (χ2n) is 3.77. The molecule has 0 aliphatic rings. The Labute approximate surface area is 103 Å². The zero-order valence-corrected chi connectivity index (χ0v) is 9.90. The van der Waals surface area contributed by atoms with Crippen LogP contribution in [0.1, 0.15) is 10.4 Å². The summed E-state index contributed by atoms with van der Waals surface area (Å²) in [5.41, 5.74) is 5.34. The van der Waals surface area contributed by atoms with Crippen LogP contribution < -0.4 is 10.9 Å². The number of hydrogen-bond donors (Lipinski definition) is 2. The van der Waals surface area contributed by atoms with Crippen LogP contribution in [0.25, 0.3) is 10.8 Å². The smallest absolute Gasteiger partial charge is 0.248 e. The highest BCUT2D eigenvalue weighted by atomic mass is 32.2. The van der Waals surface area contributed by atoms with E-state index in [2.05, 4.69) is 0 Å². The standard InChI is InChI=1S/C11H9N2O4S/c12-11(15)7-2-1-6-4-9(14)10(18(13,16)17)5-8(6)3-7/h1-5H,(H2,12,15)(H2,13,16,17). The number of hydrogen-bond acceptors (Lipinski definition) is 3. The second-order valence-corrected chi connectivity index (χ2v) is 5.30. The van der Waals surface area contributed by atoms with E-state index in [9.17, 15) is 18.3 Å². The Hall–Kier alpha value is -2.12. The summed E-state index contributed by atoms with van der Waals surface area (Å²) in [7, 11) is -4.09. The molecule has 6 nitrogen and oxygen atoms in total. The monoisotopic (exact) mass is 265 g/mol. The molecule has 2 aromatic carbocycles. The molecule has 7 heteroatoms. The van der Waals surface area contributed by atoms with Crippen molar-refractivity contribution in [2.24, 2.45) is 10.9 Å². The molecule has 1 radical (unpaired) electrons. The molecular weight excluding hydrogens is 256 g/mol. The Morgan fingerprint density at radius 1 is 1.06 bits per heavy atom. The lowest BCUT2D eigenvalue weighted by atomic mass is 10.1. The Kier molecular flexibility index (Phi) is 2.72. The molecule has 2 rings (SSSR count). The molecule has 0 aliphatic heterocycles. The lowest BCUT2D eigenvalue weighted by Crippen LogP contribution is -2.12. The molecule has 0 spiro atoms. The minimum absolute atomic E-state index is 0.224.